The molecule has 0 radical (unpaired) electrons. The van der Waals surface area contributed by atoms with Crippen molar-refractivity contribution in [2.75, 3.05) is 0 Å². The van der Waals surface area contributed by atoms with Crippen molar-refractivity contribution in [3.8, 4) is 5.88 Å². The summed E-state index contributed by atoms with van der Waals surface area (Å²) in [5.41, 5.74) is 0.390. The molecule has 0 unspecified atom stereocenters. The first-order valence-corrected chi connectivity index (χ1v) is 3.81. The maximum atomic E-state index is 11.2. The van der Waals surface area contributed by atoms with Gasteiger partial charge in [0.1, 0.15) is 0 Å². The minimum absolute atomic E-state index is 0.138. The Kier molecular flexibility index (Phi) is 1.42. The van der Waals surface area contributed by atoms with Gasteiger partial charge >= 0.3 is 0 Å². The van der Waals surface area contributed by atoms with Crippen LogP contribution in [0, 0.1) is 0 Å². The van der Waals surface area contributed by atoms with Crippen LogP contribution in [0.3, 0.4) is 0 Å². The SMILES string of the molecule is Cn1c(O)c2c(cc1=O)C(=O)NC2. The van der Waals surface area contributed by atoms with Gasteiger partial charge in [0, 0.05) is 25.2 Å². The van der Waals surface area contributed by atoms with Crippen LogP contribution in [0.15, 0.2) is 10.9 Å². The molecule has 1 aromatic rings. The second-order valence-electron chi connectivity index (χ2n) is 2.94. The number of nitrogens with one attached hydrogen (secondary N) is 1. The van der Waals surface area contributed by atoms with E-state index in [-0.39, 0.29) is 29.5 Å². The fourth-order valence-corrected chi connectivity index (χ4v) is 1.38. The van der Waals surface area contributed by atoms with E-state index in [4.69, 9.17) is 0 Å². The van der Waals surface area contributed by atoms with Gasteiger partial charge in [0.05, 0.1) is 5.56 Å². The highest BCUT2D eigenvalue weighted by atomic mass is 16.3. The van der Waals surface area contributed by atoms with Crippen LogP contribution >= 0.6 is 0 Å². The van der Waals surface area contributed by atoms with Gasteiger partial charge in [-0.3, -0.25) is 14.2 Å². The van der Waals surface area contributed by atoms with Gasteiger partial charge in [0.2, 0.25) is 0 Å². The van der Waals surface area contributed by atoms with Gasteiger partial charge in [0.25, 0.3) is 11.5 Å². The lowest BCUT2D eigenvalue weighted by atomic mass is 10.2. The topological polar surface area (TPSA) is 71.3 Å². The Labute approximate surface area is 73.6 Å². The third-order valence-electron chi connectivity index (χ3n) is 2.18. The Morgan fingerprint density at radius 2 is 2.23 bits per heavy atom. The van der Waals surface area contributed by atoms with Crippen molar-refractivity contribution in [3.05, 3.63) is 27.5 Å². The molecule has 0 aromatic carbocycles. The first-order valence-electron chi connectivity index (χ1n) is 3.81. The van der Waals surface area contributed by atoms with Crippen LogP contribution in [0.25, 0.3) is 0 Å². The molecule has 0 aliphatic carbocycles. The fraction of sp³-hybridized carbons (Fsp3) is 0.250. The Balaban J connectivity index is 2.81. The van der Waals surface area contributed by atoms with Crippen molar-refractivity contribution in [1.82, 2.24) is 9.88 Å². The molecule has 5 heteroatoms. The molecule has 1 aliphatic rings. The molecule has 0 fully saturated rings. The zero-order valence-corrected chi connectivity index (χ0v) is 7.00. The summed E-state index contributed by atoms with van der Waals surface area (Å²) in [5, 5.41) is 12.0. The summed E-state index contributed by atoms with van der Waals surface area (Å²) in [6, 6.07) is 1.23. The van der Waals surface area contributed by atoms with E-state index < -0.39 is 0 Å². The van der Waals surface area contributed by atoms with E-state index in [9.17, 15) is 14.7 Å². The van der Waals surface area contributed by atoms with Crippen molar-refractivity contribution in [3.63, 3.8) is 0 Å². The number of rotatable bonds is 0. The maximum absolute atomic E-state index is 11.2. The van der Waals surface area contributed by atoms with E-state index in [1.807, 2.05) is 0 Å². The average molecular weight is 180 g/mol. The quantitative estimate of drug-likeness (QED) is 0.556. The minimum atomic E-state index is -0.381. The zero-order valence-electron chi connectivity index (χ0n) is 7.00. The number of pyridine rings is 1. The standard InChI is InChI=1S/C8H8N2O3/c1-10-6(11)2-4-5(8(10)13)3-9-7(4)12/h2,13H,3H2,1H3,(H,9,12). The molecule has 5 nitrogen and oxygen atoms in total. The van der Waals surface area contributed by atoms with Crippen molar-refractivity contribution in [2.45, 2.75) is 6.54 Å². The largest absolute Gasteiger partial charge is 0.494 e. The molecule has 0 bridgehead atoms. The van der Waals surface area contributed by atoms with Gasteiger partial charge in [-0.15, -0.1) is 0 Å². The molecule has 68 valence electrons. The highest BCUT2D eigenvalue weighted by molar-refractivity contribution is 5.98. The van der Waals surface area contributed by atoms with E-state index in [0.717, 1.165) is 4.57 Å². The van der Waals surface area contributed by atoms with Gasteiger partial charge in [-0.2, -0.15) is 0 Å². The number of aromatic hydroxyl groups is 1. The monoisotopic (exact) mass is 180 g/mol. The van der Waals surface area contributed by atoms with Crippen molar-refractivity contribution in [1.29, 1.82) is 0 Å². The minimum Gasteiger partial charge on any atom is -0.494 e. The lowest BCUT2D eigenvalue weighted by Gasteiger charge is -2.04. The molecular formula is C8H8N2O3. The van der Waals surface area contributed by atoms with Crippen LogP contribution in [-0.2, 0) is 13.6 Å². The van der Waals surface area contributed by atoms with Crippen LogP contribution in [0.5, 0.6) is 5.88 Å². The molecule has 0 saturated heterocycles. The molecular weight excluding hydrogens is 172 g/mol. The molecule has 2 heterocycles. The van der Waals surface area contributed by atoms with Crippen LogP contribution in [0.2, 0.25) is 0 Å². The normalized spacial score (nSPS) is 14.1. The summed E-state index contributed by atoms with van der Waals surface area (Å²) in [6.45, 7) is 0.286. The molecule has 0 atom stereocenters. The molecule has 1 aliphatic heterocycles. The Morgan fingerprint density at radius 3 is 2.92 bits per heavy atom. The smallest absolute Gasteiger partial charge is 0.253 e. The summed E-state index contributed by atoms with van der Waals surface area (Å²) < 4.78 is 1.11. The fourth-order valence-electron chi connectivity index (χ4n) is 1.38. The third-order valence-corrected chi connectivity index (χ3v) is 2.18. The van der Waals surface area contributed by atoms with E-state index in [1.165, 1.54) is 13.1 Å². The second-order valence-corrected chi connectivity index (χ2v) is 2.94. The van der Waals surface area contributed by atoms with Gasteiger partial charge < -0.3 is 10.4 Å². The second kappa shape index (κ2) is 2.35. The van der Waals surface area contributed by atoms with Crippen LogP contribution < -0.4 is 10.9 Å². The van der Waals surface area contributed by atoms with Crippen LogP contribution in [-0.4, -0.2) is 15.6 Å². The zero-order chi connectivity index (χ0) is 9.59. The predicted molar refractivity (Wildman–Crippen MR) is 44.5 cm³/mol. The summed E-state index contributed by atoms with van der Waals surface area (Å²) in [7, 11) is 1.46. The Hall–Kier alpha value is -1.78. The molecule has 2 N–H and O–H groups in total. The predicted octanol–water partition coefficient (Wildman–Crippen LogP) is -0.666. The summed E-state index contributed by atoms with van der Waals surface area (Å²) >= 11 is 0. The van der Waals surface area contributed by atoms with E-state index in [0.29, 0.717) is 5.56 Å². The van der Waals surface area contributed by atoms with E-state index in [2.05, 4.69) is 5.32 Å². The van der Waals surface area contributed by atoms with Gasteiger partial charge in [0.15, 0.2) is 5.88 Å². The number of fused-ring (bicyclic) bond motifs is 1. The van der Waals surface area contributed by atoms with Gasteiger partial charge in [-0.05, 0) is 0 Å². The van der Waals surface area contributed by atoms with E-state index >= 15 is 0 Å². The average Bonchev–Trinajstić information content (AvgIpc) is 2.45. The third kappa shape index (κ3) is 0.932. The number of nitrogens with zero attached hydrogens (tertiary/aromatic N) is 1. The molecule has 0 spiro atoms. The number of hydrogen-bond acceptors (Lipinski definition) is 3. The van der Waals surface area contributed by atoms with Crippen molar-refractivity contribution < 1.29 is 9.90 Å². The highest BCUT2D eigenvalue weighted by Gasteiger charge is 2.24. The number of carbonyl (C=O) groups excluding carboxylic acids is 1. The maximum Gasteiger partial charge on any atom is 0.253 e. The molecule has 1 aromatic heterocycles. The summed E-state index contributed by atoms with van der Waals surface area (Å²) in [4.78, 5) is 22.3. The van der Waals surface area contributed by atoms with Gasteiger partial charge in [-0.1, -0.05) is 0 Å². The number of aromatic nitrogens is 1. The Morgan fingerprint density at radius 1 is 1.54 bits per heavy atom. The van der Waals surface area contributed by atoms with Crippen molar-refractivity contribution >= 4 is 5.91 Å². The summed E-state index contributed by atoms with van der Waals surface area (Å²) in [5.74, 6) is -0.441. The van der Waals surface area contributed by atoms with Gasteiger partial charge in [-0.25, -0.2) is 0 Å². The van der Waals surface area contributed by atoms with E-state index in [1.54, 1.807) is 0 Å². The molecule has 2 rings (SSSR count). The molecule has 1 amide bonds. The lowest BCUT2D eigenvalue weighted by Crippen LogP contribution is -2.18. The number of hydrogen-bond donors (Lipinski definition) is 2. The number of carbonyl (C=O) groups is 1. The molecule has 13 heavy (non-hydrogen) atoms. The first-order chi connectivity index (χ1) is 6.11. The summed E-state index contributed by atoms with van der Waals surface area (Å²) in [6.07, 6.45) is 0. The highest BCUT2D eigenvalue weighted by Crippen LogP contribution is 2.21. The van der Waals surface area contributed by atoms with Crippen molar-refractivity contribution in [2.24, 2.45) is 7.05 Å². The Bertz CT molecular complexity index is 447. The van der Waals surface area contributed by atoms with Crippen LogP contribution in [0.1, 0.15) is 15.9 Å². The molecule has 0 saturated carbocycles. The first kappa shape index (κ1) is 7.85. The lowest BCUT2D eigenvalue weighted by molar-refractivity contribution is 0.0965. The number of amides is 1. The van der Waals surface area contributed by atoms with Crippen LogP contribution in [0.4, 0.5) is 0 Å².